The first-order valence-corrected chi connectivity index (χ1v) is 12.6. The Morgan fingerprint density at radius 2 is 1.56 bits per heavy atom. The number of carbonyl (C=O) groups is 2. The SMILES string of the molecule is CC(C)NC(=O)[C@H](C)N(Cc1ccccc1)C(=O)CN(c1cc(Cl)cc(Cl)c1)S(C)(=O)=O. The van der Waals surface area contributed by atoms with Crippen LogP contribution in [0.4, 0.5) is 5.69 Å². The molecule has 0 unspecified atom stereocenters. The molecule has 32 heavy (non-hydrogen) atoms. The number of benzene rings is 2. The van der Waals surface area contributed by atoms with E-state index in [9.17, 15) is 18.0 Å². The number of carbonyl (C=O) groups excluding carboxylic acids is 2. The summed E-state index contributed by atoms with van der Waals surface area (Å²) in [6.45, 7) is 4.88. The fraction of sp³-hybridized carbons (Fsp3) is 0.364. The van der Waals surface area contributed by atoms with Crippen LogP contribution < -0.4 is 9.62 Å². The van der Waals surface area contributed by atoms with Crippen LogP contribution in [0.3, 0.4) is 0 Å². The van der Waals surface area contributed by atoms with Gasteiger partial charge in [0.05, 0.1) is 11.9 Å². The molecule has 0 aromatic heterocycles. The number of halogens is 2. The maximum absolute atomic E-state index is 13.4. The Morgan fingerprint density at radius 3 is 2.06 bits per heavy atom. The minimum atomic E-state index is -3.85. The molecule has 0 radical (unpaired) electrons. The van der Waals surface area contributed by atoms with Gasteiger partial charge < -0.3 is 10.2 Å². The van der Waals surface area contributed by atoms with Gasteiger partial charge in [0.15, 0.2) is 0 Å². The van der Waals surface area contributed by atoms with E-state index in [4.69, 9.17) is 23.2 Å². The van der Waals surface area contributed by atoms with Gasteiger partial charge in [0.2, 0.25) is 21.8 Å². The van der Waals surface area contributed by atoms with Gasteiger partial charge >= 0.3 is 0 Å². The number of sulfonamides is 1. The highest BCUT2D eigenvalue weighted by molar-refractivity contribution is 7.92. The van der Waals surface area contributed by atoms with E-state index in [2.05, 4.69) is 5.32 Å². The van der Waals surface area contributed by atoms with Gasteiger partial charge in [-0.3, -0.25) is 13.9 Å². The molecule has 0 spiro atoms. The lowest BCUT2D eigenvalue weighted by Crippen LogP contribution is -2.52. The molecule has 2 aromatic rings. The maximum atomic E-state index is 13.4. The number of anilines is 1. The average molecular weight is 500 g/mol. The molecule has 1 N–H and O–H groups in total. The molecule has 2 aromatic carbocycles. The summed E-state index contributed by atoms with van der Waals surface area (Å²) < 4.78 is 25.9. The Hall–Kier alpha value is -2.29. The van der Waals surface area contributed by atoms with Gasteiger partial charge in [-0.2, -0.15) is 0 Å². The number of hydrogen-bond acceptors (Lipinski definition) is 4. The molecule has 7 nitrogen and oxygen atoms in total. The highest BCUT2D eigenvalue weighted by atomic mass is 35.5. The predicted octanol–water partition coefficient (Wildman–Crippen LogP) is 3.70. The molecule has 0 aliphatic carbocycles. The van der Waals surface area contributed by atoms with Crippen LogP contribution in [0.1, 0.15) is 26.3 Å². The first-order valence-electron chi connectivity index (χ1n) is 9.96. The fourth-order valence-corrected chi connectivity index (χ4v) is 4.41. The second-order valence-corrected chi connectivity index (χ2v) is 10.5. The minimum Gasteiger partial charge on any atom is -0.352 e. The van der Waals surface area contributed by atoms with Crippen LogP contribution in [0.25, 0.3) is 0 Å². The Labute approximate surface area is 199 Å². The van der Waals surface area contributed by atoms with Crippen molar-refractivity contribution in [2.45, 2.75) is 39.4 Å². The van der Waals surface area contributed by atoms with Gasteiger partial charge in [0.25, 0.3) is 0 Å². The van der Waals surface area contributed by atoms with Crippen molar-refractivity contribution in [3.8, 4) is 0 Å². The van der Waals surface area contributed by atoms with Crippen LogP contribution in [0.15, 0.2) is 48.5 Å². The normalized spacial score (nSPS) is 12.3. The monoisotopic (exact) mass is 499 g/mol. The van der Waals surface area contributed by atoms with Crippen molar-refractivity contribution >= 4 is 50.7 Å². The van der Waals surface area contributed by atoms with E-state index >= 15 is 0 Å². The van der Waals surface area contributed by atoms with Gasteiger partial charge in [-0.05, 0) is 44.5 Å². The summed E-state index contributed by atoms with van der Waals surface area (Å²) in [4.78, 5) is 27.4. The van der Waals surface area contributed by atoms with Crippen LogP contribution in [0, 0.1) is 0 Å². The Bertz CT molecular complexity index is 1040. The zero-order valence-electron chi connectivity index (χ0n) is 18.4. The first kappa shape index (κ1) is 26.0. The van der Waals surface area contributed by atoms with Crippen molar-refractivity contribution < 1.29 is 18.0 Å². The number of nitrogens with one attached hydrogen (secondary N) is 1. The minimum absolute atomic E-state index is 0.111. The Kier molecular flexibility index (Phi) is 8.95. The standard InChI is InChI=1S/C22H27Cl2N3O4S/c1-15(2)25-22(29)16(3)26(13-17-8-6-5-7-9-17)21(28)14-27(32(4,30)31)20-11-18(23)10-19(24)12-20/h5-12,15-16H,13-14H2,1-4H3,(H,25,29)/t16-/m0/s1. The van der Waals surface area contributed by atoms with E-state index < -0.39 is 28.5 Å². The van der Waals surface area contributed by atoms with E-state index in [1.54, 1.807) is 6.92 Å². The largest absolute Gasteiger partial charge is 0.352 e. The van der Waals surface area contributed by atoms with Gasteiger partial charge in [0, 0.05) is 22.6 Å². The third-order valence-electron chi connectivity index (χ3n) is 4.61. The summed E-state index contributed by atoms with van der Waals surface area (Å²) in [7, 11) is -3.85. The second kappa shape index (κ2) is 11.0. The molecule has 174 valence electrons. The lowest BCUT2D eigenvalue weighted by atomic mass is 10.1. The van der Waals surface area contributed by atoms with Crippen molar-refractivity contribution in [1.29, 1.82) is 0 Å². The van der Waals surface area contributed by atoms with E-state index in [0.717, 1.165) is 16.1 Å². The number of amides is 2. The molecule has 0 aliphatic rings. The van der Waals surface area contributed by atoms with E-state index in [1.165, 1.54) is 23.1 Å². The van der Waals surface area contributed by atoms with E-state index in [0.29, 0.717) is 0 Å². The molecular weight excluding hydrogens is 473 g/mol. The molecule has 0 heterocycles. The average Bonchev–Trinajstić information content (AvgIpc) is 2.68. The summed E-state index contributed by atoms with van der Waals surface area (Å²) in [6, 6.07) is 12.5. The summed E-state index contributed by atoms with van der Waals surface area (Å²) in [6.07, 6.45) is 0.992. The molecule has 2 amide bonds. The van der Waals surface area contributed by atoms with Crippen molar-refractivity contribution in [3.63, 3.8) is 0 Å². The first-order chi connectivity index (χ1) is 14.9. The van der Waals surface area contributed by atoms with E-state index in [1.807, 2.05) is 44.2 Å². The van der Waals surface area contributed by atoms with Crippen LogP contribution >= 0.6 is 23.2 Å². The summed E-state index contributed by atoms with van der Waals surface area (Å²) in [5.41, 5.74) is 0.971. The van der Waals surface area contributed by atoms with Gasteiger partial charge in [-0.25, -0.2) is 8.42 Å². The van der Waals surface area contributed by atoms with Crippen LogP contribution in [0.2, 0.25) is 10.0 Å². The number of hydrogen-bond donors (Lipinski definition) is 1. The maximum Gasteiger partial charge on any atom is 0.244 e. The van der Waals surface area contributed by atoms with Crippen molar-refractivity contribution in [3.05, 3.63) is 64.1 Å². The highest BCUT2D eigenvalue weighted by Gasteiger charge is 2.30. The Balaban J connectivity index is 2.40. The fourth-order valence-electron chi connectivity index (χ4n) is 3.06. The van der Waals surface area contributed by atoms with Gasteiger partial charge in [-0.15, -0.1) is 0 Å². The summed E-state index contributed by atoms with van der Waals surface area (Å²) >= 11 is 12.1. The van der Waals surface area contributed by atoms with Gasteiger partial charge in [-0.1, -0.05) is 53.5 Å². The zero-order valence-corrected chi connectivity index (χ0v) is 20.7. The van der Waals surface area contributed by atoms with Crippen molar-refractivity contribution in [2.24, 2.45) is 0 Å². The number of nitrogens with zero attached hydrogens (tertiary/aromatic N) is 2. The molecule has 1 atom stereocenters. The molecule has 10 heteroatoms. The summed E-state index contributed by atoms with van der Waals surface area (Å²) in [5, 5.41) is 3.27. The predicted molar refractivity (Wildman–Crippen MR) is 128 cm³/mol. The van der Waals surface area contributed by atoms with Gasteiger partial charge in [0.1, 0.15) is 12.6 Å². The molecule has 0 saturated carbocycles. The third kappa shape index (κ3) is 7.39. The second-order valence-electron chi connectivity index (χ2n) is 7.74. The lowest BCUT2D eigenvalue weighted by Gasteiger charge is -2.32. The molecule has 0 bridgehead atoms. The molecule has 0 fully saturated rings. The smallest absolute Gasteiger partial charge is 0.244 e. The Morgan fingerprint density at radius 1 is 1.00 bits per heavy atom. The molecule has 2 rings (SSSR count). The highest BCUT2D eigenvalue weighted by Crippen LogP contribution is 2.27. The van der Waals surface area contributed by atoms with Crippen LogP contribution in [-0.4, -0.2) is 50.0 Å². The van der Waals surface area contributed by atoms with Crippen LogP contribution in [-0.2, 0) is 26.2 Å². The van der Waals surface area contributed by atoms with Crippen molar-refractivity contribution in [1.82, 2.24) is 10.2 Å². The lowest BCUT2D eigenvalue weighted by molar-refractivity contribution is -0.139. The molecule has 0 aliphatic heterocycles. The molecule has 0 saturated heterocycles. The van der Waals surface area contributed by atoms with Crippen LogP contribution in [0.5, 0.6) is 0 Å². The quantitative estimate of drug-likeness (QED) is 0.569. The van der Waals surface area contributed by atoms with Crippen molar-refractivity contribution in [2.75, 3.05) is 17.1 Å². The zero-order chi connectivity index (χ0) is 24.1. The summed E-state index contributed by atoms with van der Waals surface area (Å²) in [5.74, 6) is -0.872. The third-order valence-corrected chi connectivity index (χ3v) is 6.19. The topological polar surface area (TPSA) is 86.8 Å². The number of rotatable bonds is 9. The molecular formula is C22H27Cl2N3O4S. The van der Waals surface area contributed by atoms with E-state index in [-0.39, 0.29) is 34.2 Å².